The highest BCUT2D eigenvalue weighted by molar-refractivity contribution is 7.84. The van der Waals surface area contributed by atoms with Crippen LogP contribution in [0.3, 0.4) is 0 Å². The Bertz CT molecular complexity index is 2090. The summed E-state index contributed by atoms with van der Waals surface area (Å²) in [4.78, 5) is 97.9. The number of phenolic OH excluding ortho intramolecular Hbond substituents is 1. The van der Waals surface area contributed by atoms with Gasteiger partial charge in [0.2, 0.25) is 29.5 Å². The summed E-state index contributed by atoms with van der Waals surface area (Å²) >= 11 is 0. The molecule has 1 aliphatic heterocycles. The van der Waals surface area contributed by atoms with Crippen LogP contribution in [0.15, 0.2) is 84.9 Å². The van der Waals surface area contributed by atoms with Crippen LogP contribution >= 0.6 is 0 Å². The van der Waals surface area contributed by atoms with Crippen molar-refractivity contribution < 1.29 is 48.0 Å². The van der Waals surface area contributed by atoms with E-state index in [0.29, 0.717) is 24.8 Å². The molecule has 1 unspecified atom stereocenters. The number of carbonyl (C=O) groups excluding carboxylic acids is 6. The third kappa shape index (κ3) is 17.0. The minimum absolute atomic E-state index is 0.0239. The lowest BCUT2D eigenvalue weighted by Crippen LogP contribution is -2.60. The Kier molecular flexibility index (Phi) is 20.4. The number of aromatic hydroxyl groups is 1. The first kappa shape index (κ1) is 51.3. The van der Waals surface area contributed by atoms with Crippen LogP contribution in [0.2, 0.25) is 0 Å². The fourth-order valence-corrected chi connectivity index (χ4v) is 8.00. The van der Waals surface area contributed by atoms with Crippen molar-refractivity contribution in [2.24, 2.45) is 5.92 Å². The molecule has 0 bridgehead atoms. The third-order valence-corrected chi connectivity index (χ3v) is 12.1. The highest BCUT2D eigenvalue weighted by Gasteiger charge is 2.36. The first-order valence-corrected chi connectivity index (χ1v) is 23.7. The van der Waals surface area contributed by atoms with E-state index in [-0.39, 0.29) is 56.6 Å². The number of likely N-dealkylation sites (N-methyl/N-ethyl adjacent to an activating group) is 1. The number of amides is 7. The fraction of sp³-hybridized carbons (Fsp3) is 0.468. The summed E-state index contributed by atoms with van der Waals surface area (Å²) < 4.78 is 12.2. The van der Waals surface area contributed by atoms with Gasteiger partial charge < -0.3 is 47.0 Å². The van der Waals surface area contributed by atoms with Crippen molar-refractivity contribution in [2.75, 3.05) is 25.6 Å². The Balaban J connectivity index is 1.69. The van der Waals surface area contributed by atoms with E-state index in [0.717, 1.165) is 11.1 Å². The van der Waals surface area contributed by atoms with Gasteiger partial charge in [-0.2, -0.15) is 0 Å². The third-order valence-electron chi connectivity index (χ3n) is 11.2. The Morgan fingerprint density at radius 2 is 1.35 bits per heavy atom. The number of nitrogens with one attached hydrogen (secondary N) is 6. The largest absolute Gasteiger partial charge is 0.508 e. The number of aliphatic carboxylic acids is 1. The van der Waals surface area contributed by atoms with Crippen molar-refractivity contribution in [3.05, 3.63) is 102 Å². The van der Waals surface area contributed by atoms with Crippen LogP contribution < -0.4 is 31.9 Å². The summed E-state index contributed by atoms with van der Waals surface area (Å²) in [5.41, 5.74) is 2.32. The van der Waals surface area contributed by atoms with Crippen molar-refractivity contribution in [2.45, 2.75) is 108 Å². The van der Waals surface area contributed by atoms with Crippen LogP contribution in [0, 0.1) is 5.92 Å². The molecular formula is C47H63N7O10S. The Morgan fingerprint density at radius 3 is 1.97 bits per heavy atom. The molecule has 1 heterocycles. The van der Waals surface area contributed by atoms with E-state index in [1.807, 2.05) is 30.3 Å². The Hall–Kier alpha value is -6.30. The van der Waals surface area contributed by atoms with E-state index in [2.05, 4.69) is 31.9 Å². The number of nitrogens with zero attached hydrogens (tertiary/aromatic N) is 1. The van der Waals surface area contributed by atoms with Gasteiger partial charge in [0.25, 0.3) is 0 Å². The molecule has 18 heteroatoms. The molecule has 4 rings (SSSR count). The summed E-state index contributed by atoms with van der Waals surface area (Å²) in [5, 5.41) is 36.0. The molecule has 0 saturated carbocycles. The molecule has 7 atom stereocenters. The number of phenols is 1. The lowest BCUT2D eigenvalue weighted by molar-refractivity contribution is -0.143. The molecule has 17 nitrogen and oxygen atoms in total. The molecule has 7 amide bonds. The molecule has 0 radical (unpaired) electrons. The zero-order chi connectivity index (χ0) is 47.5. The highest BCUT2D eigenvalue weighted by atomic mass is 32.2. The van der Waals surface area contributed by atoms with E-state index in [9.17, 15) is 48.0 Å². The van der Waals surface area contributed by atoms with Crippen LogP contribution in [-0.4, -0.2) is 123 Å². The topological polar surface area (TPSA) is 252 Å². The Morgan fingerprint density at radius 1 is 0.754 bits per heavy atom. The van der Waals surface area contributed by atoms with Gasteiger partial charge in [-0.1, -0.05) is 86.6 Å². The summed E-state index contributed by atoms with van der Waals surface area (Å²) in [6, 6.07) is 16.2. The van der Waals surface area contributed by atoms with Crippen molar-refractivity contribution in [1.29, 1.82) is 0 Å². The zero-order valence-corrected chi connectivity index (χ0v) is 38.2. The van der Waals surface area contributed by atoms with E-state index < -0.39 is 94.5 Å². The summed E-state index contributed by atoms with van der Waals surface area (Å²) in [6.07, 6.45) is 2.96. The minimum Gasteiger partial charge on any atom is -0.508 e. The van der Waals surface area contributed by atoms with E-state index in [1.54, 1.807) is 56.3 Å². The van der Waals surface area contributed by atoms with Gasteiger partial charge in [-0.25, -0.2) is 9.59 Å². The molecular weight excluding hydrogens is 855 g/mol. The molecule has 1 aliphatic rings. The van der Waals surface area contributed by atoms with Crippen molar-refractivity contribution in [3.8, 4) is 5.75 Å². The molecule has 0 spiro atoms. The van der Waals surface area contributed by atoms with Crippen LogP contribution in [0.25, 0.3) is 0 Å². The molecule has 8 N–H and O–H groups in total. The predicted octanol–water partition coefficient (Wildman–Crippen LogP) is 2.33. The molecule has 1 saturated heterocycles. The van der Waals surface area contributed by atoms with Gasteiger partial charge in [-0.15, -0.1) is 0 Å². The molecule has 352 valence electrons. The molecule has 0 aliphatic carbocycles. The summed E-state index contributed by atoms with van der Waals surface area (Å²) in [5.74, 6) is -4.86. The Labute approximate surface area is 382 Å². The number of hydrogen-bond acceptors (Lipinski definition) is 9. The standard InChI is InChI=1S/C47H63N7O10S/c1-30(2)40-44(59)50-37(24-20-31-13-7-5-8-14-31)45(60)54(3)39(25-21-32-18-22-34(55)23-19-32)43(58)49-36(26-28-65(4)64)41(56)48-27-12-11-17-35(42(57)53-40)51-47(63)52-38(46(61)62)29-33-15-9-6-10-16-33/h5-10,13-16,18-19,22-23,30,35-40,55H,11-12,17,20-21,24-29H2,1-4H3,(H,48,56)(H,49,58)(H,50,59)(H,53,57)(H,61,62)(H2,51,52,63)/t35-,36+,37+,38+,39+,40+,65?/m1/s1. The van der Waals surface area contributed by atoms with E-state index in [1.165, 1.54) is 30.3 Å². The number of rotatable bonds is 15. The summed E-state index contributed by atoms with van der Waals surface area (Å²) in [7, 11) is 0.133. The second-order valence-electron chi connectivity index (χ2n) is 16.7. The SMILES string of the molecule is CC(C)[C@@H]1NC(=O)[C@H](NC(=O)N[C@@H](Cc2ccccc2)C(=O)O)CCCCNC(=O)[C@H](CCS(C)=O)NC(=O)[C@H](CCc2ccc(O)cc2)N(C)C(=O)[C@H](CCc2ccccc2)NC1=O. The molecule has 3 aromatic rings. The predicted molar refractivity (Wildman–Crippen MR) is 246 cm³/mol. The molecule has 0 aromatic heterocycles. The second kappa shape index (κ2) is 25.9. The molecule has 65 heavy (non-hydrogen) atoms. The van der Waals surface area contributed by atoms with E-state index in [4.69, 9.17) is 0 Å². The average Bonchev–Trinajstić information content (AvgIpc) is 3.27. The number of hydrogen-bond donors (Lipinski definition) is 8. The maximum absolute atomic E-state index is 14.7. The summed E-state index contributed by atoms with van der Waals surface area (Å²) in [6.45, 7) is 3.52. The smallest absolute Gasteiger partial charge is 0.326 e. The van der Waals surface area contributed by atoms with Gasteiger partial charge in [-0.3, -0.25) is 28.2 Å². The number of carbonyl (C=O) groups is 7. The van der Waals surface area contributed by atoms with Crippen molar-refractivity contribution >= 4 is 52.3 Å². The van der Waals surface area contributed by atoms with Gasteiger partial charge in [0.05, 0.1) is 0 Å². The number of urea groups is 1. The maximum atomic E-state index is 14.7. The van der Waals surface area contributed by atoms with E-state index >= 15 is 0 Å². The number of benzene rings is 3. The van der Waals surface area contributed by atoms with Gasteiger partial charge in [0, 0.05) is 42.8 Å². The average molecular weight is 918 g/mol. The number of carboxylic acid groups (broad SMARTS) is 1. The van der Waals surface area contributed by atoms with Crippen molar-refractivity contribution in [3.63, 3.8) is 0 Å². The van der Waals surface area contributed by atoms with Crippen LogP contribution in [0.1, 0.15) is 69.1 Å². The van der Waals surface area contributed by atoms with Gasteiger partial charge in [-0.05, 0) is 86.1 Å². The molecule has 1 fully saturated rings. The minimum atomic E-state index is -1.33. The van der Waals surface area contributed by atoms with Crippen LogP contribution in [0.5, 0.6) is 5.75 Å². The first-order valence-electron chi connectivity index (χ1n) is 21.9. The van der Waals surface area contributed by atoms with Crippen molar-refractivity contribution in [1.82, 2.24) is 36.8 Å². The number of carboxylic acids is 1. The quantitative estimate of drug-likeness (QED) is 0.111. The van der Waals surface area contributed by atoms with Gasteiger partial charge in [0.15, 0.2) is 0 Å². The van der Waals surface area contributed by atoms with Gasteiger partial charge >= 0.3 is 12.0 Å². The highest BCUT2D eigenvalue weighted by Crippen LogP contribution is 2.18. The molecule has 3 aromatic carbocycles. The normalized spacial score (nSPS) is 21.6. The first-order chi connectivity index (χ1) is 31.0. The fourth-order valence-electron chi connectivity index (χ4n) is 7.44. The monoisotopic (exact) mass is 917 g/mol. The zero-order valence-electron chi connectivity index (χ0n) is 37.4. The lowest BCUT2D eigenvalue weighted by atomic mass is 9.98. The second-order valence-corrected chi connectivity index (χ2v) is 18.2. The van der Waals surface area contributed by atoms with Gasteiger partial charge in [0.1, 0.15) is 42.0 Å². The van der Waals surface area contributed by atoms with Crippen LogP contribution in [0.4, 0.5) is 4.79 Å². The lowest BCUT2D eigenvalue weighted by Gasteiger charge is -2.33. The van der Waals surface area contributed by atoms with Crippen LogP contribution in [-0.2, 0) is 58.8 Å². The maximum Gasteiger partial charge on any atom is 0.326 e. The number of aryl methyl sites for hydroxylation is 2.